The summed E-state index contributed by atoms with van der Waals surface area (Å²) in [5.74, 6) is -0.0868. The molecule has 0 amide bonds. The normalized spacial score (nSPS) is 11.4. The highest BCUT2D eigenvalue weighted by molar-refractivity contribution is 5.91. The number of fused-ring (bicyclic) bond motifs is 1. The van der Waals surface area contributed by atoms with Gasteiger partial charge in [0.1, 0.15) is 5.56 Å². The van der Waals surface area contributed by atoms with Crippen LogP contribution in [0.2, 0.25) is 0 Å². The smallest absolute Gasteiger partial charge is 0.368 e. The first-order chi connectivity index (χ1) is 15.2. The van der Waals surface area contributed by atoms with Gasteiger partial charge < -0.3 is 5.73 Å². The molecule has 0 saturated carbocycles. The zero-order valence-electron chi connectivity index (χ0n) is 16.0. The van der Waals surface area contributed by atoms with Crippen LogP contribution in [0.1, 0.15) is 16.7 Å². The number of hydrogen-bond acceptors (Lipinski definition) is 7. The second-order valence-electron chi connectivity index (χ2n) is 6.77. The van der Waals surface area contributed by atoms with Crippen LogP contribution in [-0.4, -0.2) is 24.7 Å². The van der Waals surface area contributed by atoms with Crippen molar-refractivity contribution in [3.05, 3.63) is 75.5 Å². The largest absolute Gasteiger partial charge is 0.423 e. The molecule has 2 heterocycles. The molecular formula is C20H12F3N7O2. The first-order valence-electron chi connectivity index (χ1n) is 9.01. The third-order valence-corrected chi connectivity index (χ3v) is 4.67. The summed E-state index contributed by atoms with van der Waals surface area (Å²) in [7, 11) is 0. The molecule has 2 aromatic heterocycles. The molecule has 4 rings (SSSR count). The van der Waals surface area contributed by atoms with Crippen LogP contribution in [0.25, 0.3) is 22.3 Å². The van der Waals surface area contributed by atoms with E-state index in [1.54, 1.807) is 24.3 Å². The van der Waals surface area contributed by atoms with Crippen LogP contribution < -0.4 is 5.73 Å². The molecule has 12 heteroatoms. The molecule has 0 fully saturated rings. The number of hydrogen-bond donors (Lipinski definition) is 1. The lowest BCUT2D eigenvalue weighted by atomic mass is 10.1. The van der Waals surface area contributed by atoms with E-state index in [4.69, 9.17) is 11.0 Å². The van der Waals surface area contributed by atoms with Crippen LogP contribution in [0.4, 0.5) is 24.8 Å². The zero-order chi connectivity index (χ0) is 23.0. The SMILES string of the molecule is N#Cc1cccc(-c2nc(N)nc3c2cnn3Cc2ccc([N+](=O)[O-])c(C(F)(F)F)c2)c1. The van der Waals surface area contributed by atoms with Crippen molar-refractivity contribution >= 4 is 22.7 Å². The van der Waals surface area contributed by atoms with Crippen LogP contribution in [0, 0.1) is 21.4 Å². The second kappa shape index (κ2) is 7.62. The molecule has 0 unspecified atom stereocenters. The average molecular weight is 439 g/mol. The first kappa shape index (κ1) is 20.7. The minimum absolute atomic E-state index is 0.0868. The maximum Gasteiger partial charge on any atom is 0.423 e. The lowest BCUT2D eigenvalue weighted by Gasteiger charge is -2.10. The van der Waals surface area contributed by atoms with Crippen molar-refractivity contribution in [1.82, 2.24) is 19.7 Å². The highest BCUT2D eigenvalue weighted by Crippen LogP contribution is 2.37. The summed E-state index contributed by atoms with van der Waals surface area (Å²) in [4.78, 5) is 18.3. The van der Waals surface area contributed by atoms with Crippen molar-refractivity contribution in [3.63, 3.8) is 0 Å². The van der Waals surface area contributed by atoms with E-state index in [0.717, 1.165) is 6.07 Å². The lowest BCUT2D eigenvalue weighted by molar-refractivity contribution is -0.388. The van der Waals surface area contributed by atoms with Crippen LogP contribution >= 0.6 is 0 Å². The first-order valence-corrected chi connectivity index (χ1v) is 9.01. The fourth-order valence-corrected chi connectivity index (χ4v) is 3.28. The Balaban J connectivity index is 1.80. The number of alkyl halides is 3. The molecule has 2 N–H and O–H groups in total. The molecular weight excluding hydrogens is 427 g/mol. The number of nitrogens with zero attached hydrogens (tertiary/aromatic N) is 6. The van der Waals surface area contributed by atoms with E-state index in [9.17, 15) is 23.3 Å². The number of aromatic nitrogens is 4. The Morgan fingerprint density at radius 2 is 1.97 bits per heavy atom. The van der Waals surface area contributed by atoms with E-state index in [0.29, 0.717) is 28.3 Å². The van der Waals surface area contributed by atoms with Gasteiger partial charge in [0, 0.05) is 11.6 Å². The highest BCUT2D eigenvalue weighted by atomic mass is 19.4. The number of nitro groups is 1. The third kappa shape index (κ3) is 3.79. The maximum absolute atomic E-state index is 13.3. The molecule has 0 aliphatic heterocycles. The van der Waals surface area contributed by atoms with Gasteiger partial charge in [0.25, 0.3) is 5.69 Å². The van der Waals surface area contributed by atoms with Crippen molar-refractivity contribution in [2.45, 2.75) is 12.7 Å². The molecule has 0 atom stereocenters. The van der Waals surface area contributed by atoms with Gasteiger partial charge in [0.05, 0.1) is 40.4 Å². The van der Waals surface area contributed by atoms with Gasteiger partial charge in [0.2, 0.25) is 5.95 Å². The molecule has 32 heavy (non-hydrogen) atoms. The van der Waals surface area contributed by atoms with E-state index in [2.05, 4.69) is 15.1 Å². The van der Waals surface area contributed by atoms with Gasteiger partial charge in [-0.3, -0.25) is 10.1 Å². The minimum atomic E-state index is -4.89. The van der Waals surface area contributed by atoms with Gasteiger partial charge in [-0.15, -0.1) is 0 Å². The lowest BCUT2D eigenvalue weighted by Crippen LogP contribution is -2.11. The fraction of sp³-hybridized carbons (Fsp3) is 0.100. The van der Waals surface area contributed by atoms with E-state index < -0.39 is 22.4 Å². The van der Waals surface area contributed by atoms with Gasteiger partial charge in [-0.1, -0.05) is 18.2 Å². The predicted octanol–water partition coefficient (Wildman–Crippen LogP) is 3.92. The van der Waals surface area contributed by atoms with Gasteiger partial charge in [-0.05, 0) is 23.8 Å². The second-order valence-corrected chi connectivity index (χ2v) is 6.77. The number of anilines is 1. The number of halogens is 3. The van der Waals surface area contributed by atoms with Crippen LogP contribution in [-0.2, 0) is 12.7 Å². The van der Waals surface area contributed by atoms with E-state index in [-0.39, 0.29) is 23.7 Å². The fourth-order valence-electron chi connectivity index (χ4n) is 3.28. The molecule has 9 nitrogen and oxygen atoms in total. The summed E-state index contributed by atoms with van der Waals surface area (Å²) in [6.07, 6.45) is -3.45. The Morgan fingerprint density at radius 3 is 2.66 bits per heavy atom. The topological polar surface area (TPSA) is 137 Å². The Morgan fingerprint density at radius 1 is 1.19 bits per heavy atom. The Hall–Kier alpha value is -4.53. The van der Waals surface area contributed by atoms with Crippen molar-refractivity contribution in [3.8, 4) is 17.3 Å². The zero-order valence-corrected chi connectivity index (χ0v) is 16.0. The van der Waals surface area contributed by atoms with Crippen molar-refractivity contribution in [1.29, 1.82) is 5.26 Å². The number of nitrogen functional groups attached to an aromatic ring is 1. The number of nitro benzene ring substituents is 1. The van der Waals surface area contributed by atoms with Crippen LogP contribution in [0.3, 0.4) is 0 Å². The molecule has 0 radical (unpaired) electrons. The van der Waals surface area contributed by atoms with Gasteiger partial charge in [-0.25, -0.2) is 9.67 Å². The number of rotatable bonds is 4. The molecule has 2 aromatic carbocycles. The summed E-state index contributed by atoms with van der Waals surface area (Å²) < 4.78 is 41.2. The van der Waals surface area contributed by atoms with Gasteiger partial charge in [-0.2, -0.15) is 28.5 Å². The van der Waals surface area contributed by atoms with Crippen molar-refractivity contribution < 1.29 is 18.1 Å². The third-order valence-electron chi connectivity index (χ3n) is 4.67. The van der Waals surface area contributed by atoms with E-state index >= 15 is 0 Å². The Kier molecular flexibility index (Phi) is 4.94. The monoisotopic (exact) mass is 439 g/mol. The van der Waals surface area contributed by atoms with Crippen LogP contribution in [0.15, 0.2) is 48.7 Å². The molecule has 0 aliphatic rings. The number of nitriles is 1. The molecule has 0 saturated heterocycles. The number of nitrogens with two attached hydrogens (primary N) is 1. The van der Waals surface area contributed by atoms with Gasteiger partial charge in [0.15, 0.2) is 5.65 Å². The van der Waals surface area contributed by atoms with Gasteiger partial charge >= 0.3 is 6.18 Å². The predicted molar refractivity (Wildman–Crippen MR) is 107 cm³/mol. The Labute approximate surface area is 177 Å². The van der Waals surface area contributed by atoms with Crippen LogP contribution in [0.5, 0.6) is 0 Å². The summed E-state index contributed by atoms with van der Waals surface area (Å²) in [6.45, 7) is -0.140. The summed E-state index contributed by atoms with van der Waals surface area (Å²) in [5, 5.41) is 24.8. The van der Waals surface area contributed by atoms with E-state index in [1.807, 2.05) is 6.07 Å². The average Bonchev–Trinajstić information content (AvgIpc) is 3.14. The van der Waals surface area contributed by atoms with Crippen molar-refractivity contribution in [2.75, 3.05) is 5.73 Å². The van der Waals surface area contributed by atoms with Crippen molar-refractivity contribution in [2.24, 2.45) is 0 Å². The summed E-state index contributed by atoms with van der Waals surface area (Å²) >= 11 is 0. The summed E-state index contributed by atoms with van der Waals surface area (Å²) in [6, 6.07) is 11.4. The highest BCUT2D eigenvalue weighted by Gasteiger charge is 2.38. The molecule has 4 aromatic rings. The number of benzene rings is 2. The molecule has 160 valence electrons. The molecule has 0 spiro atoms. The molecule has 0 bridgehead atoms. The minimum Gasteiger partial charge on any atom is -0.368 e. The standard InChI is InChI=1S/C20H12F3N7O2/c21-20(22,23)15-7-12(4-5-16(15)30(31)32)10-29-18-14(9-26-29)17(27-19(25)28-18)13-3-1-2-11(6-13)8-24/h1-7,9H,10H2,(H2,25,27,28). The molecule has 0 aliphatic carbocycles. The summed E-state index contributed by atoms with van der Waals surface area (Å²) in [5.41, 5.74) is 5.28. The van der Waals surface area contributed by atoms with E-state index in [1.165, 1.54) is 16.9 Å². The quantitative estimate of drug-likeness (QED) is 0.376. The Bertz CT molecular complexity index is 1410. The maximum atomic E-state index is 13.3.